The van der Waals surface area contributed by atoms with E-state index in [-0.39, 0.29) is 5.56 Å². The summed E-state index contributed by atoms with van der Waals surface area (Å²) >= 11 is 5.83. The Morgan fingerprint density at radius 2 is 2.14 bits per heavy atom. The van der Waals surface area contributed by atoms with Crippen LogP contribution < -0.4 is 5.56 Å². The van der Waals surface area contributed by atoms with E-state index in [4.69, 9.17) is 11.6 Å². The summed E-state index contributed by atoms with van der Waals surface area (Å²) in [4.78, 5) is 10.8. The topological polar surface area (TPSA) is 37.8 Å². The first-order chi connectivity index (χ1) is 6.66. The average Bonchev–Trinajstić information content (AvgIpc) is 2.56. The van der Waals surface area contributed by atoms with Crippen LogP contribution in [0.2, 0.25) is 5.02 Å². The second kappa shape index (κ2) is 3.31. The van der Waals surface area contributed by atoms with Crippen LogP contribution in [0.4, 0.5) is 4.39 Å². The van der Waals surface area contributed by atoms with Gasteiger partial charge in [0.15, 0.2) is 0 Å². The fraction of sp³-hybridized carbons (Fsp3) is 0. The van der Waals surface area contributed by atoms with E-state index in [1.807, 2.05) is 0 Å². The third-order valence-corrected chi connectivity index (χ3v) is 2.09. The van der Waals surface area contributed by atoms with Crippen molar-refractivity contribution in [2.24, 2.45) is 0 Å². The van der Waals surface area contributed by atoms with Gasteiger partial charge in [0.25, 0.3) is 5.56 Å². The van der Waals surface area contributed by atoms with Gasteiger partial charge in [-0.1, -0.05) is 11.6 Å². The van der Waals surface area contributed by atoms with Gasteiger partial charge in [0.1, 0.15) is 5.82 Å². The SMILES string of the molecule is O=c1ccn(-c2cc(F)ccc2Cl)[nH]1. The molecule has 0 spiro atoms. The number of nitrogens with one attached hydrogen (secondary N) is 1. The van der Waals surface area contributed by atoms with Crippen molar-refractivity contribution in [3.63, 3.8) is 0 Å². The molecule has 0 saturated carbocycles. The van der Waals surface area contributed by atoms with Crippen LogP contribution in [0.25, 0.3) is 5.69 Å². The Balaban J connectivity index is 2.61. The summed E-state index contributed by atoms with van der Waals surface area (Å²) in [6.45, 7) is 0. The number of aromatic amines is 1. The molecule has 0 atom stereocenters. The summed E-state index contributed by atoms with van der Waals surface area (Å²) in [5.41, 5.74) is 0.152. The van der Waals surface area contributed by atoms with Crippen LogP contribution in [0.3, 0.4) is 0 Å². The highest BCUT2D eigenvalue weighted by Gasteiger charge is 2.04. The number of H-pyrrole nitrogens is 1. The van der Waals surface area contributed by atoms with Crippen LogP contribution in [0.1, 0.15) is 0 Å². The van der Waals surface area contributed by atoms with E-state index in [1.54, 1.807) is 0 Å². The minimum atomic E-state index is -0.404. The fourth-order valence-corrected chi connectivity index (χ4v) is 1.36. The Morgan fingerprint density at radius 1 is 1.36 bits per heavy atom. The Bertz CT molecular complexity index is 518. The van der Waals surface area contributed by atoms with Crippen molar-refractivity contribution in [2.75, 3.05) is 0 Å². The maximum Gasteiger partial charge on any atom is 0.264 e. The van der Waals surface area contributed by atoms with Crippen LogP contribution >= 0.6 is 11.6 Å². The quantitative estimate of drug-likeness (QED) is 0.771. The first kappa shape index (κ1) is 9.02. The molecule has 0 fully saturated rings. The standard InChI is InChI=1S/C9H6ClFN2O/c10-7-2-1-6(11)5-8(7)13-4-3-9(14)12-13/h1-5H,(H,12,14). The lowest BCUT2D eigenvalue weighted by Gasteiger charge is -2.04. The Hall–Kier alpha value is -1.55. The number of aromatic nitrogens is 2. The molecule has 0 radical (unpaired) electrons. The molecule has 72 valence electrons. The monoisotopic (exact) mass is 212 g/mol. The van der Waals surface area contributed by atoms with Crippen molar-refractivity contribution in [3.05, 3.63) is 51.7 Å². The van der Waals surface area contributed by atoms with Crippen LogP contribution in [-0.2, 0) is 0 Å². The Kier molecular flexibility index (Phi) is 2.13. The summed E-state index contributed by atoms with van der Waals surface area (Å²) in [7, 11) is 0. The third-order valence-electron chi connectivity index (χ3n) is 1.77. The smallest absolute Gasteiger partial charge is 0.264 e. The maximum absolute atomic E-state index is 12.9. The summed E-state index contributed by atoms with van der Waals surface area (Å²) in [6, 6.07) is 5.28. The zero-order chi connectivity index (χ0) is 10.1. The first-order valence-corrected chi connectivity index (χ1v) is 4.28. The van der Waals surface area contributed by atoms with Crippen LogP contribution in [0.5, 0.6) is 0 Å². The summed E-state index contributed by atoms with van der Waals surface area (Å²) in [6.07, 6.45) is 1.49. The summed E-state index contributed by atoms with van der Waals surface area (Å²) in [5.74, 6) is -0.404. The van der Waals surface area contributed by atoms with Gasteiger partial charge in [-0.15, -0.1) is 0 Å². The minimum Gasteiger partial charge on any atom is -0.268 e. The van der Waals surface area contributed by atoms with Crippen molar-refractivity contribution >= 4 is 11.6 Å². The van der Waals surface area contributed by atoms with Gasteiger partial charge in [-0.2, -0.15) is 0 Å². The largest absolute Gasteiger partial charge is 0.268 e. The van der Waals surface area contributed by atoms with Gasteiger partial charge in [0.05, 0.1) is 10.7 Å². The molecular weight excluding hydrogens is 207 g/mol. The first-order valence-electron chi connectivity index (χ1n) is 3.90. The van der Waals surface area contributed by atoms with Gasteiger partial charge < -0.3 is 0 Å². The van der Waals surface area contributed by atoms with Gasteiger partial charge >= 0.3 is 0 Å². The lowest BCUT2D eigenvalue weighted by molar-refractivity contribution is 0.625. The number of nitrogens with zero attached hydrogens (tertiary/aromatic N) is 1. The Morgan fingerprint density at radius 3 is 2.79 bits per heavy atom. The predicted molar refractivity (Wildman–Crippen MR) is 51.4 cm³/mol. The molecule has 0 amide bonds. The molecule has 2 rings (SSSR count). The predicted octanol–water partition coefficient (Wildman–Crippen LogP) is 1.96. The zero-order valence-corrected chi connectivity index (χ0v) is 7.75. The zero-order valence-electron chi connectivity index (χ0n) is 7.00. The number of rotatable bonds is 1. The number of halogens is 2. The van der Waals surface area contributed by atoms with Gasteiger partial charge in [0, 0.05) is 18.3 Å². The second-order valence-electron chi connectivity index (χ2n) is 2.76. The third kappa shape index (κ3) is 1.56. The molecule has 3 nitrogen and oxygen atoms in total. The molecule has 1 aromatic carbocycles. The van der Waals surface area contributed by atoms with Crippen molar-refractivity contribution in [3.8, 4) is 5.69 Å². The highest BCUT2D eigenvalue weighted by atomic mass is 35.5. The lowest BCUT2D eigenvalue weighted by Crippen LogP contribution is -2.03. The molecule has 0 unspecified atom stereocenters. The Labute approximate surface area is 83.7 Å². The molecule has 14 heavy (non-hydrogen) atoms. The van der Waals surface area contributed by atoms with Crippen molar-refractivity contribution in [1.82, 2.24) is 9.78 Å². The van der Waals surface area contributed by atoms with Gasteiger partial charge in [-0.05, 0) is 12.1 Å². The molecule has 0 bridgehead atoms. The van der Waals surface area contributed by atoms with Crippen molar-refractivity contribution in [1.29, 1.82) is 0 Å². The van der Waals surface area contributed by atoms with Crippen LogP contribution in [0.15, 0.2) is 35.3 Å². The molecule has 5 heteroatoms. The maximum atomic E-state index is 12.9. The van der Waals surface area contributed by atoms with Crippen molar-refractivity contribution in [2.45, 2.75) is 0 Å². The average molecular weight is 213 g/mol. The molecule has 1 heterocycles. The van der Waals surface area contributed by atoms with Crippen LogP contribution in [0, 0.1) is 5.82 Å². The molecule has 2 aromatic rings. The molecular formula is C9H6ClFN2O. The van der Waals surface area contributed by atoms with Crippen LogP contribution in [-0.4, -0.2) is 9.78 Å². The molecule has 1 N–H and O–H groups in total. The number of hydrogen-bond acceptors (Lipinski definition) is 1. The number of benzene rings is 1. The van der Waals surface area contributed by atoms with Crippen molar-refractivity contribution < 1.29 is 4.39 Å². The summed E-state index contributed by atoms with van der Waals surface area (Å²) in [5, 5.41) is 2.84. The number of hydrogen-bond donors (Lipinski definition) is 1. The highest BCUT2D eigenvalue weighted by molar-refractivity contribution is 6.32. The molecule has 1 aromatic heterocycles. The normalized spacial score (nSPS) is 10.4. The molecule has 0 aliphatic heterocycles. The second-order valence-corrected chi connectivity index (χ2v) is 3.16. The molecule has 0 saturated heterocycles. The fourth-order valence-electron chi connectivity index (χ4n) is 1.15. The highest BCUT2D eigenvalue weighted by Crippen LogP contribution is 2.19. The molecule has 0 aliphatic rings. The van der Waals surface area contributed by atoms with E-state index in [1.165, 1.54) is 35.1 Å². The van der Waals surface area contributed by atoms with E-state index >= 15 is 0 Å². The van der Waals surface area contributed by atoms with E-state index in [9.17, 15) is 9.18 Å². The van der Waals surface area contributed by atoms with E-state index in [0.29, 0.717) is 10.7 Å². The van der Waals surface area contributed by atoms with E-state index in [2.05, 4.69) is 5.10 Å². The van der Waals surface area contributed by atoms with Gasteiger partial charge in [-0.25, -0.2) is 4.39 Å². The summed E-state index contributed by atoms with van der Waals surface area (Å²) < 4.78 is 14.2. The van der Waals surface area contributed by atoms with Gasteiger partial charge in [-0.3, -0.25) is 14.6 Å². The minimum absolute atomic E-state index is 0.259. The molecule has 0 aliphatic carbocycles. The van der Waals surface area contributed by atoms with Gasteiger partial charge in [0.2, 0.25) is 0 Å². The van der Waals surface area contributed by atoms with E-state index in [0.717, 1.165) is 0 Å². The lowest BCUT2D eigenvalue weighted by atomic mass is 10.3. The van der Waals surface area contributed by atoms with E-state index < -0.39 is 5.82 Å².